The monoisotopic (exact) mass is 272 g/mol. The van der Waals surface area contributed by atoms with E-state index in [9.17, 15) is 13.2 Å². The quantitative estimate of drug-likeness (QED) is 0.852. The molecule has 0 saturated carbocycles. The van der Waals surface area contributed by atoms with Crippen LogP contribution < -0.4 is 5.73 Å². The number of hydrogen-bond acceptors (Lipinski definition) is 2. The maximum absolute atomic E-state index is 12.6. The van der Waals surface area contributed by atoms with Gasteiger partial charge in [-0.1, -0.05) is 23.7 Å². The molecule has 1 aromatic heterocycles. The number of rotatable bonds is 1. The zero-order valence-corrected chi connectivity index (χ0v) is 9.76. The maximum atomic E-state index is 12.6. The first-order valence-corrected chi connectivity index (χ1v) is 5.34. The molecule has 0 saturated heterocycles. The molecule has 0 aliphatic heterocycles. The molecule has 0 fully saturated rings. The van der Waals surface area contributed by atoms with Crippen LogP contribution in [-0.2, 0) is 6.18 Å². The zero-order valence-electron chi connectivity index (χ0n) is 9.00. The van der Waals surface area contributed by atoms with E-state index in [4.69, 9.17) is 17.3 Å². The Kier molecular flexibility index (Phi) is 3.17. The number of aromatic nitrogens is 1. The normalized spacial score (nSPS) is 11.6. The molecule has 6 heteroatoms. The van der Waals surface area contributed by atoms with Crippen LogP contribution in [0.1, 0.15) is 5.56 Å². The number of alkyl halides is 3. The summed E-state index contributed by atoms with van der Waals surface area (Å²) in [4.78, 5) is 3.95. The van der Waals surface area contributed by atoms with Gasteiger partial charge in [-0.3, -0.25) is 4.98 Å². The van der Waals surface area contributed by atoms with E-state index in [1.54, 1.807) is 0 Å². The SMILES string of the molecule is Nc1cc(Cl)cnc1-c1cccc(C(F)(F)F)c1. The molecule has 0 amide bonds. The lowest BCUT2D eigenvalue weighted by atomic mass is 10.1. The van der Waals surface area contributed by atoms with Gasteiger partial charge in [0.1, 0.15) is 0 Å². The average molecular weight is 273 g/mol. The van der Waals surface area contributed by atoms with Crippen molar-refractivity contribution in [2.45, 2.75) is 6.18 Å². The minimum atomic E-state index is -4.39. The van der Waals surface area contributed by atoms with E-state index in [1.165, 1.54) is 24.4 Å². The standard InChI is InChI=1S/C12H8ClF3N2/c13-9-5-10(17)11(18-6-9)7-2-1-3-8(4-7)12(14,15)16/h1-6H,17H2. The molecule has 1 heterocycles. The van der Waals surface area contributed by atoms with Crippen molar-refractivity contribution < 1.29 is 13.2 Å². The summed E-state index contributed by atoms with van der Waals surface area (Å²) in [5.41, 5.74) is 5.77. The fourth-order valence-corrected chi connectivity index (χ4v) is 1.71. The van der Waals surface area contributed by atoms with Crippen molar-refractivity contribution >= 4 is 17.3 Å². The van der Waals surface area contributed by atoms with Gasteiger partial charge in [0.25, 0.3) is 0 Å². The molecular formula is C12H8ClF3N2. The Bertz CT molecular complexity index is 582. The zero-order chi connectivity index (χ0) is 13.3. The third-order valence-electron chi connectivity index (χ3n) is 2.35. The summed E-state index contributed by atoms with van der Waals surface area (Å²) in [5, 5.41) is 0.336. The van der Waals surface area contributed by atoms with Crippen LogP contribution in [-0.4, -0.2) is 4.98 Å². The molecular weight excluding hydrogens is 265 g/mol. The van der Waals surface area contributed by atoms with Crippen LogP contribution in [0.3, 0.4) is 0 Å². The Morgan fingerprint density at radius 2 is 1.89 bits per heavy atom. The van der Waals surface area contributed by atoms with Crippen LogP contribution in [0, 0.1) is 0 Å². The summed E-state index contributed by atoms with van der Waals surface area (Å²) in [6.07, 6.45) is -3.05. The second kappa shape index (κ2) is 4.49. The van der Waals surface area contributed by atoms with Gasteiger partial charge in [-0.25, -0.2) is 0 Å². The Morgan fingerprint density at radius 1 is 1.17 bits per heavy atom. The van der Waals surface area contributed by atoms with Crippen molar-refractivity contribution in [3.63, 3.8) is 0 Å². The summed E-state index contributed by atoms with van der Waals surface area (Å²) in [6.45, 7) is 0. The lowest BCUT2D eigenvalue weighted by Crippen LogP contribution is -2.05. The summed E-state index contributed by atoms with van der Waals surface area (Å²) in [7, 11) is 0. The second-order valence-electron chi connectivity index (χ2n) is 3.67. The smallest absolute Gasteiger partial charge is 0.397 e. The molecule has 0 radical (unpaired) electrons. The van der Waals surface area contributed by atoms with Gasteiger partial charge < -0.3 is 5.73 Å². The first-order chi connectivity index (χ1) is 8.38. The van der Waals surface area contributed by atoms with E-state index in [2.05, 4.69) is 4.98 Å². The topological polar surface area (TPSA) is 38.9 Å². The summed E-state index contributed by atoms with van der Waals surface area (Å²) >= 11 is 5.69. The van der Waals surface area contributed by atoms with Crippen LogP contribution in [0.4, 0.5) is 18.9 Å². The van der Waals surface area contributed by atoms with Crippen LogP contribution in [0.25, 0.3) is 11.3 Å². The van der Waals surface area contributed by atoms with E-state index in [1.807, 2.05) is 0 Å². The number of nitrogens with zero attached hydrogens (tertiary/aromatic N) is 1. The van der Waals surface area contributed by atoms with Crippen molar-refractivity contribution in [2.75, 3.05) is 5.73 Å². The molecule has 0 spiro atoms. The van der Waals surface area contributed by atoms with Crippen LogP contribution in [0.5, 0.6) is 0 Å². The van der Waals surface area contributed by atoms with E-state index in [0.717, 1.165) is 12.1 Å². The highest BCUT2D eigenvalue weighted by molar-refractivity contribution is 6.30. The third-order valence-corrected chi connectivity index (χ3v) is 2.55. The number of halogens is 4. The number of nitrogen functional groups attached to an aromatic ring is 1. The fraction of sp³-hybridized carbons (Fsp3) is 0.0833. The number of anilines is 1. The van der Waals surface area contributed by atoms with Gasteiger partial charge in [-0.2, -0.15) is 13.2 Å². The van der Waals surface area contributed by atoms with Gasteiger partial charge in [0.2, 0.25) is 0 Å². The highest BCUT2D eigenvalue weighted by atomic mass is 35.5. The maximum Gasteiger partial charge on any atom is 0.416 e. The molecule has 0 aliphatic carbocycles. The summed E-state index contributed by atoms with van der Waals surface area (Å²) in [5.74, 6) is 0. The molecule has 2 rings (SSSR count). The molecule has 0 unspecified atom stereocenters. The molecule has 18 heavy (non-hydrogen) atoms. The summed E-state index contributed by atoms with van der Waals surface area (Å²) < 4.78 is 37.7. The predicted molar refractivity (Wildman–Crippen MR) is 64.1 cm³/mol. The van der Waals surface area contributed by atoms with Gasteiger partial charge in [0.15, 0.2) is 0 Å². The van der Waals surface area contributed by atoms with E-state index in [0.29, 0.717) is 10.6 Å². The lowest BCUT2D eigenvalue weighted by Gasteiger charge is -2.09. The molecule has 0 atom stereocenters. The predicted octanol–water partition coefficient (Wildman–Crippen LogP) is 4.00. The molecule has 2 N–H and O–H groups in total. The molecule has 94 valence electrons. The van der Waals surface area contributed by atoms with Gasteiger partial charge in [-0.15, -0.1) is 0 Å². The van der Waals surface area contributed by atoms with E-state index >= 15 is 0 Å². The Labute approximate surface area is 106 Å². The van der Waals surface area contributed by atoms with Crippen LogP contribution >= 0.6 is 11.6 Å². The second-order valence-corrected chi connectivity index (χ2v) is 4.11. The Balaban J connectivity index is 2.51. The minimum absolute atomic E-state index is 0.238. The van der Waals surface area contributed by atoms with Gasteiger partial charge in [0, 0.05) is 11.8 Å². The van der Waals surface area contributed by atoms with Gasteiger partial charge >= 0.3 is 6.18 Å². The Morgan fingerprint density at radius 3 is 2.50 bits per heavy atom. The minimum Gasteiger partial charge on any atom is -0.397 e. The molecule has 2 nitrogen and oxygen atoms in total. The fourth-order valence-electron chi connectivity index (χ4n) is 1.54. The number of benzene rings is 1. The van der Waals surface area contributed by atoms with Crippen LogP contribution in [0.2, 0.25) is 5.02 Å². The van der Waals surface area contributed by atoms with Crippen LogP contribution in [0.15, 0.2) is 36.5 Å². The highest BCUT2D eigenvalue weighted by Gasteiger charge is 2.30. The molecule has 0 aliphatic rings. The first-order valence-electron chi connectivity index (χ1n) is 4.96. The third kappa shape index (κ3) is 2.56. The molecule has 2 aromatic rings. The average Bonchev–Trinajstić information content (AvgIpc) is 2.28. The number of hydrogen-bond donors (Lipinski definition) is 1. The Hall–Kier alpha value is -1.75. The number of nitrogens with two attached hydrogens (primary N) is 1. The van der Waals surface area contributed by atoms with Crippen molar-refractivity contribution in [3.8, 4) is 11.3 Å². The first kappa shape index (κ1) is 12.7. The largest absolute Gasteiger partial charge is 0.416 e. The van der Waals surface area contributed by atoms with E-state index in [-0.39, 0.29) is 11.4 Å². The number of pyridine rings is 1. The van der Waals surface area contributed by atoms with Crippen molar-refractivity contribution in [1.82, 2.24) is 4.98 Å². The molecule has 0 bridgehead atoms. The lowest BCUT2D eigenvalue weighted by molar-refractivity contribution is -0.137. The van der Waals surface area contributed by atoms with Crippen molar-refractivity contribution in [1.29, 1.82) is 0 Å². The van der Waals surface area contributed by atoms with Gasteiger partial charge in [0.05, 0.1) is 22.0 Å². The van der Waals surface area contributed by atoms with Crippen molar-refractivity contribution in [2.24, 2.45) is 0 Å². The van der Waals surface area contributed by atoms with Crippen molar-refractivity contribution in [3.05, 3.63) is 47.1 Å². The van der Waals surface area contributed by atoms with Gasteiger partial charge in [-0.05, 0) is 18.2 Å². The molecule has 1 aromatic carbocycles. The van der Waals surface area contributed by atoms with E-state index < -0.39 is 11.7 Å². The summed E-state index contributed by atoms with van der Waals surface area (Å²) in [6, 6.07) is 6.28. The highest BCUT2D eigenvalue weighted by Crippen LogP contribution is 2.33.